The van der Waals surface area contributed by atoms with Crippen LogP contribution in [0, 0.1) is 0 Å². The maximum Gasteiger partial charge on any atom is 0.237 e. The van der Waals surface area contributed by atoms with Gasteiger partial charge in [0.2, 0.25) is 5.91 Å². The predicted molar refractivity (Wildman–Crippen MR) is 89.9 cm³/mol. The first-order valence-electron chi connectivity index (χ1n) is 5.94. The van der Waals surface area contributed by atoms with Crippen LogP contribution in [-0.2, 0) is 15.6 Å². The van der Waals surface area contributed by atoms with Gasteiger partial charge >= 0.3 is 0 Å². The van der Waals surface area contributed by atoms with Gasteiger partial charge in [-0.15, -0.1) is 0 Å². The number of nitrogens with two attached hydrogens (primary N) is 1. The van der Waals surface area contributed by atoms with Crippen molar-refractivity contribution in [3.05, 3.63) is 52.0 Å². The van der Waals surface area contributed by atoms with Gasteiger partial charge in [-0.05, 0) is 42.5 Å². The lowest BCUT2D eigenvalue weighted by Gasteiger charge is -2.07. The van der Waals surface area contributed by atoms with Gasteiger partial charge in [0.25, 0.3) is 0 Å². The zero-order chi connectivity index (χ0) is 15.4. The topological polar surface area (TPSA) is 72.2 Å². The monoisotopic (exact) mass is 386 g/mol. The van der Waals surface area contributed by atoms with Crippen molar-refractivity contribution < 1.29 is 9.00 Å². The van der Waals surface area contributed by atoms with Crippen LogP contribution in [0.3, 0.4) is 0 Å². The molecule has 1 unspecified atom stereocenters. The standard InChI is InChI=1S/C14H12BrClN2O2S/c15-9-1-4-11(5-2-9)18-14(19)8-21(20)13-6-3-10(17)7-12(13)16/h1-7H,8,17H2,(H,18,19). The van der Waals surface area contributed by atoms with Crippen molar-refractivity contribution in [3.63, 3.8) is 0 Å². The van der Waals surface area contributed by atoms with Gasteiger partial charge in [0.15, 0.2) is 0 Å². The van der Waals surface area contributed by atoms with E-state index in [2.05, 4.69) is 21.2 Å². The number of nitrogens with one attached hydrogen (secondary N) is 1. The SMILES string of the molecule is Nc1ccc(S(=O)CC(=O)Nc2ccc(Br)cc2)c(Cl)c1. The number of hydrogen-bond donors (Lipinski definition) is 2. The van der Waals surface area contributed by atoms with E-state index in [1.54, 1.807) is 24.3 Å². The Kier molecular flexibility index (Phi) is 5.39. The molecule has 0 aliphatic carbocycles. The second-order valence-corrected chi connectivity index (χ2v) is 6.98. The molecule has 2 aromatic rings. The third kappa shape index (κ3) is 4.56. The summed E-state index contributed by atoms with van der Waals surface area (Å²) in [6.45, 7) is 0. The number of halogens is 2. The summed E-state index contributed by atoms with van der Waals surface area (Å²) in [6, 6.07) is 11.8. The largest absolute Gasteiger partial charge is 0.399 e. The molecule has 4 nitrogen and oxygen atoms in total. The van der Waals surface area contributed by atoms with Gasteiger partial charge in [-0.3, -0.25) is 9.00 Å². The zero-order valence-corrected chi connectivity index (χ0v) is 14.0. The second-order valence-electron chi connectivity index (χ2n) is 4.23. The van der Waals surface area contributed by atoms with Crippen LogP contribution in [0.4, 0.5) is 11.4 Å². The highest BCUT2D eigenvalue weighted by Crippen LogP contribution is 2.22. The lowest BCUT2D eigenvalue weighted by molar-refractivity contribution is -0.113. The molecule has 110 valence electrons. The molecule has 0 aliphatic heterocycles. The van der Waals surface area contributed by atoms with E-state index in [1.165, 1.54) is 6.07 Å². The van der Waals surface area contributed by atoms with Crippen LogP contribution in [0.5, 0.6) is 0 Å². The first-order valence-corrected chi connectivity index (χ1v) is 8.43. The van der Waals surface area contributed by atoms with Crippen LogP contribution < -0.4 is 11.1 Å². The maximum atomic E-state index is 12.1. The van der Waals surface area contributed by atoms with Crippen LogP contribution in [-0.4, -0.2) is 15.9 Å². The van der Waals surface area contributed by atoms with Crippen LogP contribution >= 0.6 is 27.5 Å². The van der Waals surface area contributed by atoms with E-state index in [-0.39, 0.29) is 11.7 Å². The third-order valence-corrected chi connectivity index (χ3v) is 4.92. The first kappa shape index (κ1) is 16.0. The molecular weight excluding hydrogens is 376 g/mol. The van der Waals surface area contributed by atoms with Crippen molar-refractivity contribution in [1.29, 1.82) is 0 Å². The van der Waals surface area contributed by atoms with E-state index in [0.717, 1.165) is 4.47 Å². The molecule has 2 rings (SSSR count). The molecule has 0 bridgehead atoms. The molecule has 3 N–H and O–H groups in total. The summed E-state index contributed by atoms with van der Waals surface area (Å²) < 4.78 is 13.1. The molecule has 0 aliphatic rings. The Morgan fingerprint density at radius 1 is 1.24 bits per heavy atom. The molecule has 2 aromatic carbocycles. The molecule has 1 amide bonds. The van der Waals surface area contributed by atoms with Crippen molar-refractivity contribution >= 4 is 55.6 Å². The van der Waals surface area contributed by atoms with E-state index in [1.807, 2.05) is 12.1 Å². The van der Waals surface area contributed by atoms with Gasteiger partial charge in [-0.2, -0.15) is 0 Å². The van der Waals surface area contributed by atoms with Crippen molar-refractivity contribution in [1.82, 2.24) is 0 Å². The fourth-order valence-electron chi connectivity index (χ4n) is 1.63. The Bertz CT molecular complexity index is 692. The molecule has 0 saturated heterocycles. The fraction of sp³-hybridized carbons (Fsp3) is 0.0714. The minimum Gasteiger partial charge on any atom is -0.399 e. The van der Waals surface area contributed by atoms with Gasteiger partial charge in [-0.1, -0.05) is 27.5 Å². The molecule has 21 heavy (non-hydrogen) atoms. The predicted octanol–water partition coefficient (Wildman–Crippen LogP) is 3.43. The molecule has 0 fully saturated rings. The fourth-order valence-corrected chi connectivity index (χ4v) is 3.30. The molecule has 0 spiro atoms. The molecule has 0 saturated carbocycles. The number of benzene rings is 2. The van der Waals surface area contributed by atoms with Crippen molar-refractivity contribution in [2.24, 2.45) is 0 Å². The number of amides is 1. The zero-order valence-electron chi connectivity index (χ0n) is 10.8. The van der Waals surface area contributed by atoms with Crippen LogP contribution in [0.15, 0.2) is 51.8 Å². The van der Waals surface area contributed by atoms with Gasteiger partial charge in [-0.25, -0.2) is 0 Å². The van der Waals surface area contributed by atoms with E-state index < -0.39 is 10.8 Å². The normalized spacial score (nSPS) is 11.9. The Balaban J connectivity index is 2.02. The summed E-state index contributed by atoms with van der Waals surface area (Å²) in [5.41, 5.74) is 6.71. The highest BCUT2D eigenvalue weighted by molar-refractivity contribution is 9.10. The van der Waals surface area contributed by atoms with Crippen LogP contribution in [0.25, 0.3) is 0 Å². The Morgan fingerprint density at radius 2 is 1.90 bits per heavy atom. The van der Waals surface area contributed by atoms with Gasteiger partial charge in [0.1, 0.15) is 5.75 Å². The second kappa shape index (κ2) is 7.06. The van der Waals surface area contributed by atoms with E-state index in [9.17, 15) is 9.00 Å². The van der Waals surface area contributed by atoms with Crippen LogP contribution in [0.2, 0.25) is 5.02 Å². The summed E-state index contributed by atoms with van der Waals surface area (Å²) in [5, 5.41) is 2.98. The summed E-state index contributed by atoms with van der Waals surface area (Å²) in [5.74, 6) is -0.511. The summed E-state index contributed by atoms with van der Waals surface area (Å²) in [6.07, 6.45) is 0. The number of carbonyl (C=O) groups is 1. The maximum absolute atomic E-state index is 12.1. The lowest BCUT2D eigenvalue weighted by atomic mass is 10.3. The van der Waals surface area contributed by atoms with Gasteiger partial charge < -0.3 is 11.1 Å². The molecule has 1 atom stereocenters. The smallest absolute Gasteiger partial charge is 0.237 e. The number of nitrogen functional groups attached to an aromatic ring is 1. The van der Waals surface area contributed by atoms with Crippen LogP contribution in [0.1, 0.15) is 0 Å². The number of rotatable bonds is 4. The highest BCUT2D eigenvalue weighted by Gasteiger charge is 2.13. The van der Waals surface area contributed by atoms with Gasteiger partial charge in [0.05, 0.1) is 20.7 Å². The van der Waals surface area contributed by atoms with Crippen molar-refractivity contribution in [3.8, 4) is 0 Å². The average Bonchev–Trinajstić information content (AvgIpc) is 2.41. The Morgan fingerprint density at radius 3 is 2.52 bits per heavy atom. The molecule has 0 aromatic heterocycles. The minimum atomic E-state index is -1.52. The average molecular weight is 388 g/mol. The molecule has 7 heteroatoms. The molecule has 0 radical (unpaired) electrons. The number of carbonyl (C=O) groups excluding carboxylic acids is 1. The Hall–Kier alpha value is -1.37. The van der Waals surface area contributed by atoms with Gasteiger partial charge in [0, 0.05) is 15.8 Å². The van der Waals surface area contributed by atoms with E-state index in [0.29, 0.717) is 21.3 Å². The van der Waals surface area contributed by atoms with Crippen molar-refractivity contribution in [2.75, 3.05) is 16.8 Å². The third-order valence-electron chi connectivity index (χ3n) is 2.59. The number of hydrogen-bond acceptors (Lipinski definition) is 3. The van der Waals surface area contributed by atoms with Crippen molar-refractivity contribution in [2.45, 2.75) is 4.90 Å². The summed E-state index contributed by atoms with van der Waals surface area (Å²) >= 11 is 9.29. The van der Waals surface area contributed by atoms with E-state index in [4.69, 9.17) is 17.3 Å². The first-order chi connectivity index (χ1) is 9.95. The minimum absolute atomic E-state index is 0.167. The summed E-state index contributed by atoms with van der Waals surface area (Å²) in [4.78, 5) is 12.3. The quantitative estimate of drug-likeness (QED) is 0.789. The highest BCUT2D eigenvalue weighted by atomic mass is 79.9. The lowest BCUT2D eigenvalue weighted by Crippen LogP contribution is -2.19. The summed E-state index contributed by atoms with van der Waals surface area (Å²) in [7, 11) is -1.52. The molecule has 0 heterocycles. The number of anilines is 2. The van der Waals surface area contributed by atoms with E-state index >= 15 is 0 Å². The Labute approximate surface area is 138 Å². The molecular formula is C14H12BrClN2O2S.